The molecule has 1 saturated heterocycles. The predicted molar refractivity (Wildman–Crippen MR) is 80.0 cm³/mol. The van der Waals surface area contributed by atoms with Crippen LogP contribution >= 0.6 is 0 Å². The first-order valence-electron chi connectivity index (χ1n) is 7.20. The molecule has 0 saturated carbocycles. The smallest absolute Gasteiger partial charge is 0.225 e. The van der Waals surface area contributed by atoms with Gasteiger partial charge in [0, 0.05) is 44.1 Å². The van der Waals surface area contributed by atoms with Crippen LogP contribution in [0.2, 0.25) is 0 Å². The zero-order chi connectivity index (χ0) is 15.6. The second-order valence-corrected chi connectivity index (χ2v) is 5.44. The molecule has 1 aliphatic rings. The van der Waals surface area contributed by atoms with Gasteiger partial charge < -0.3 is 15.3 Å². The van der Waals surface area contributed by atoms with Crippen molar-refractivity contribution in [2.75, 3.05) is 31.1 Å². The average Bonchev–Trinajstić information content (AvgIpc) is 2.56. The van der Waals surface area contributed by atoms with Crippen LogP contribution in [0.4, 0.5) is 10.3 Å². The third-order valence-corrected chi connectivity index (χ3v) is 3.83. The Kier molecular flexibility index (Phi) is 4.00. The van der Waals surface area contributed by atoms with Gasteiger partial charge in [-0.2, -0.15) is 0 Å². The number of hydrogen-bond acceptors (Lipinski definition) is 6. The van der Waals surface area contributed by atoms with E-state index in [1.165, 1.54) is 12.1 Å². The van der Waals surface area contributed by atoms with Crippen molar-refractivity contribution in [3.05, 3.63) is 47.8 Å². The van der Waals surface area contributed by atoms with Crippen molar-refractivity contribution in [3.63, 3.8) is 0 Å². The summed E-state index contributed by atoms with van der Waals surface area (Å²) >= 11 is 0. The lowest BCUT2D eigenvalue weighted by atomic mass is 9.94. The highest BCUT2D eigenvalue weighted by Gasteiger charge is 2.28. The first-order valence-corrected chi connectivity index (χ1v) is 7.20. The van der Waals surface area contributed by atoms with Gasteiger partial charge in [-0.25, -0.2) is 14.4 Å². The first-order chi connectivity index (χ1) is 10.6. The Balaban J connectivity index is 1.83. The zero-order valence-corrected chi connectivity index (χ0v) is 12.3. The molecule has 0 aromatic carbocycles. The van der Waals surface area contributed by atoms with Crippen molar-refractivity contribution in [3.8, 4) is 0 Å². The molecule has 1 fully saturated rings. The third kappa shape index (κ3) is 2.90. The maximum absolute atomic E-state index is 13.0. The highest BCUT2D eigenvalue weighted by Crippen LogP contribution is 2.27. The molecule has 116 valence electrons. The number of pyridine rings is 1. The number of anilines is 1. The highest BCUT2D eigenvalue weighted by atomic mass is 19.1. The number of nitrogens with zero attached hydrogens (tertiary/aromatic N) is 4. The Bertz CT molecular complexity index is 623. The molecule has 2 N–H and O–H groups in total. The number of rotatable bonds is 3. The average molecular weight is 303 g/mol. The minimum absolute atomic E-state index is 0.354. The monoisotopic (exact) mass is 303 g/mol. The van der Waals surface area contributed by atoms with E-state index in [1.807, 2.05) is 0 Å². The summed E-state index contributed by atoms with van der Waals surface area (Å²) in [4.78, 5) is 14.7. The van der Waals surface area contributed by atoms with Gasteiger partial charge in [0.2, 0.25) is 5.95 Å². The van der Waals surface area contributed by atoms with Gasteiger partial charge in [-0.1, -0.05) is 0 Å². The van der Waals surface area contributed by atoms with Crippen molar-refractivity contribution in [2.45, 2.75) is 12.5 Å². The topological polar surface area (TPSA) is 74.2 Å². The van der Waals surface area contributed by atoms with Crippen LogP contribution in [0, 0.1) is 5.82 Å². The van der Waals surface area contributed by atoms with Gasteiger partial charge in [0.1, 0.15) is 11.4 Å². The van der Waals surface area contributed by atoms with Crippen LogP contribution in [0.15, 0.2) is 30.7 Å². The fourth-order valence-electron chi connectivity index (χ4n) is 2.41. The molecule has 0 amide bonds. The van der Waals surface area contributed by atoms with Crippen LogP contribution in [-0.2, 0) is 5.60 Å². The largest absolute Gasteiger partial charge is 0.379 e. The van der Waals surface area contributed by atoms with E-state index in [0.717, 1.165) is 32.4 Å². The Hall–Kier alpha value is -2.12. The van der Waals surface area contributed by atoms with Gasteiger partial charge >= 0.3 is 0 Å². The van der Waals surface area contributed by atoms with Crippen LogP contribution < -0.4 is 10.2 Å². The maximum atomic E-state index is 13.0. The van der Waals surface area contributed by atoms with Crippen molar-refractivity contribution < 1.29 is 9.50 Å². The van der Waals surface area contributed by atoms with Crippen molar-refractivity contribution in [1.82, 2.24) is 20.3 Å². The molecule has 7 heteroatoms. The van der Waals surface area contributed by atoms with Gasteiger partial charge in [0.15, 0.2) is 0 Å². The van der Waals surface area contributed by atoms with E-state index in [1.54, 1.807) is 19.3 Å². The molecule has 1 aliphatic heterocycles. The Morgan fingerprint density at radius 2 is 1.82 bits per heavy atom. The van der Waals surface area contributed by atoms with Crippen molar-refractivity contribution in [1.29, 1.82) is 0 Å². The number of halogens is 1. The van der Waals surface area contributed by atoms with Crippen LogP contribution in [0.5, 0.6) is 0 Å². The highest BCUT2D eigenvalue weighted by molar-refractivity contribution is 5.34. The van der Waals surface area contributed by atoms with E-state index in [-0.39, 0.29) is 0 Å². The molecule has 6 nitrogen and oxygen atoms in total. The molecule has 0 aliphatic carbocycles. The Labute approximate surface area is 128 Å². The summed E-state index contributed by atoms with van der Waals surface area (Å²) < 4.78 is 13.0. The summed E-state index contributed by atoms with van der Waals surface area (Å²) in [6, 6.07) is 2.73. The summed E-state index contributed by atoms with van der Waals surface area (Å²) in [6.45, 7) is 5.12. The summed E-state index contributed by atoms with van der Waals surface area (Å²) in [7, 11) is 0. The molecule has 1 atom stereocenters. The molecular formula is C15H18FN5O. The number of aliphatic hydroxyl groups is 1. The van der Waals surface area contributed by atoms with Gasteiger partial charge in [-0.15, -0.1) is 0 Å². The zero-order valence-electron chi connectivity index (χ0n) is 12.3. The fourth-order valence-corrected chi connectivity index (χ4v) is 2.41. The first kappa shape index (κ1) is 14.8. The van der Waals surface area contributed by atoms with E-state index in [9.17, 15) is 9.50 Å². The minimum Gasteiger partial charge on any atom is -0.379 e. The minimum atomic E-state index is -1.37. The van der Waals surface area contributed by atoms with E-state index in [4.69, 9.17) is 0 Å². The molecule has 3 heterocycles. The summed E-state index contributed by atoms with van der Waals surface area (Å²) in [5.41, 5.74) is -0.492. The van der Waals surface area contributed by atoms with E-state index in [2.05, 4.69) is 25.2 Å². The fraction of sp³-hybridized carbons (Fsp3) is 0.400. The van der Waals surface area contributed by atoms with Crippen LogP contribution in [0.25, 0.3) is 0 Å². The van der Waals surface area contributed by atoms with Crippen molar-refractivity contribution >= 4 is 5.95 Å². The lowest BCUT2D eigenvalue weighted by Crippen LogP contribution is -2.44. The van der Waals surface area contributed by atoms with Crippen LogP contribution in [-0.4, -0.2) is 46.2 Å². The van der Waals surface area contributed by atoms with E-state index in [0.29, 0.717) is 17.2 Å². The molecule has 0 spiro atoms. The molecule has 2 aromatic rings. The van der Waals surface area contributed by atoms with Crippen LogP contribution in [0.1, 0.15) is 18.2 Å². The Morgan fingerprint density at radius 1 is 1.14 bits per heavy atom. The van der Waals surface area contributed by atoms with Crippen LogP contribution in [0.3, 0.4) is 0 Å². The summed E-state index contributed by atoms with van der Waals surface area (Å²) in [6.07, 6.45) is 4.27. The summed E-state index contributed by atoms with van der Waals surface area (Å²) in [5.74, 6) is 0.206. The standard InChI is InChI=1S/C15H18FN5O/c1-15(22,13-3-2-12(16)10-18-13)11-8-19-14(20-9-11)21-6-4-17-5-7-21/h2-3,8-10,17,22H,4-7H2,1H3/t15-/m0/s1. The quantitative estimate of drug-likeness (QED) is 0.868. The lowest BCUT2D eigenvalue weighted by Gasteiger charge is -2.28. The SMILES string of the molecule is C[C@](O)(c1cnc(N2CCNCC2)nc1)c1ccc(F)cn1. The number of piperazine rings is 1. The molecule has 3 rings (SSSR count). The number of aromatic nitrogens is 3. The molecule has 0 unspecified atom stereocenters. The molecular weight excluding hydrogens is 285 g/mol. The van der Waals surface area contributed by atoms with Gasteiger partial charge in [0.25, 0.3) is 0 Å². The third-order valence-electron chi connectivity index (χ3n) is 3.83. The number of nitrogens with one attached hydrogen (secondary N) is 1. The molecule has 0 bridgehead atoms. The van der Waals surface area contributed by atoms with Gasteiger partial charge in [0.05, 0.1) is 11.9 Å². The maximum Gasteiger partial charge on any atom is 0.225 e. The van der Waals surface area contributed by atoms with Gasteiger partial charge in [-0.05, 0) is 19.1 Å². The number of hydrogen-bond donors (Lipinski definition) is 2. The van der Waals surface area contributed by atoms with E-state index >= 15 is 0 Å². The second-order valence-electron chi connectivity index (χ2n) is 5.44. The van der Waals surface area contributed by atoms with Crippen molar-refractivity contribution in [2.24, 2.45) is 0 Å². The Morgan fingerprint density at radius 3 is 2.41 bits per heavy atom. The lowest BCUT2D eigenvalue weighted by molar-refractivity contribution is 0.0965. The normalized spacial score (nSPS) is 18.0. The van der Waals surface area contributed by atoms with E-state index < -0.39 is 11.4 Å². The molecule has 2 aromatic heterocycles. The molecule has 22 heavy (non-hydrogen) atoms. The summed E-state index contributed by atoms with van der Waals surface area (Å²) in [5, 5.41) is 13.9. The second kappa shape index (κ2) is 5.94. The predicted octanol–water partition coefficient (Wildman–Crippen LogP) is 0.676. The molecule has 0 radical (unpaired) electrons. The van der Waals surface area contributed by atoms with Gasteiger partial charge in [-0.3, -0.25) is 4.98 Å².